The zero-order valence-electron chi connectivity index (χ0n) is 19.8. The highest BCUT2D eigenvalue weighted by atomic mass is 19.4. The zero-order valence-corrected chi connectivity index (χ0v) is 19.8. The van der Waals surface area contributed by atoms with E-state index in [1.165, 1.54) is 19.4 Å². The first-order valence-corrected chi connectivity index (χ1v) is 11.0. The third kappa shape index (κ3) is 6.05. The van der Waals surface area contributed by atoms with Crippen LogP contribution in [0.1, 0.15) is 75.8 Å². The van der Waals surface area contributed by atoms with Crippen LogP contribution in [0.15, 0.2) is 10.5 Å². The second-order valence-corrected chi connectivity index (χ2v) is 10.3. The fourth-order valence-corrected chi connectivity index (χ4v) is 4.29. The zero-order chi connectivity index (χ0) is 24.5. The molecular weight excluding hydrogens is 425 g/mol. The standard InChI is InChI=1S/C21H34N2O2.C2HF3O2/c1-15(2)13-23-11-9-21(23)8-7-10-22(14-21)19(24)17-12-18(20(4,5)6)25-16(17)3;3-2(4,5)1(6)7/h12,15H,7-11,13-14H2,1-6H3;(H,6,7). The van der Waals surface area contributed by atoms with Gasteiger partial charge in [-0.3, -0.25) is 9.69 Å². The first-order valence-electron chi connectivity index (χ1n) is 11.0. The Hall–Kier alpha value is -2.03. The lowest BCUT2D eigenvalue weighted by molar-refractivity contribution is -0.192. The van der Waals surface area contributed by atoms with Crippen molar-refractivity contribution >= 4 is 11.9 Å². The number of aryl methyl sites for hydroxylation is 1. The molecule has 1 N–H and O–H groups in total. The first-order chi connectivity index (χ1) is 14.6. The van der Waals surface area contributed by atoms with Crippen LogP contribution < -0.4 is 0 Å². The van der Waals surface area contributed by atoms with E-state index in [-0.39, 0.29) is 16.9 Å². The molecule has 0 aromatic carbocycles. The number of furan rings is 1. The van der Waals surface area contributed by atoms with Gasteiger partial charge in [0, 0.05) is 37.1 Å². The largest absolute Gasteiger partial charge is 0.490 e. The highest BCUT2D eigenvalue weighted by Crippen LogP contribution is 2.39. The summed E-state index contributed by atoms with van der Waals surface area (Å²) in [6.07, 6.45) is -1.54. The number of alkyl halides is 3. The normalized spacial score (nSPS) is 21.9. The lowest BCUT2D eigenvalue weighted by Crippen LogP contribution is -2.67. The minimum atomic E-state index is -5.08. The van der Waals surface area contributed by atoms with Gasteiger partial charge in [0.25, 0.3) is 5.91 Å². The van der Waals surface area contributed by atoms with Gasteiger partial charge in [0.2, 0.25) is 0 Å². The number of carbonyl (C=O) groups excluding carboxylic acids is 1. The lowest BCUT2D eigenvalue weighted by Gasteiger charge is -2.57. The molecule has 3 rings (SSSR count). The van der Waals surface area contributed by atoms with E-state index in [1.807, 2.05) is 13.0 Å². The molecule has 1 aromatic rings. The SMILES string of the molecule is Cc1oc(C(C)(C)C)cc1C(=O)N1CCCC2(CCN2CC(C)C)C1.O=C(O)C(F)(F)F. The molecule has 0 saturated carbocycles. The van der Waals surface area contributed by atoms with Gasteiger partial charge in [-0.15, -0.1) is 0 Å². The predicted octanol–water partition coefficient (Wildman–Crippen LogP) is 4.86. The number of hydrogen-bond acceptors (Lipinski definition) is 4. The van der Waals surface area contributed by atoms with Crippen LogP contribution in [0.4, 0.5) is 13.2 Å². The van der Waals surface area contributed by atoms with Gasteiger partial charge >= 0.3 is 12.1 Å². The van der Waals surface area contributed by atoms with Gasteiger partial charge in [0.05, 0.1) is 5.56 Å². The van der Waals surface area contributed by atoms with E-state index < -0.39 is 12.1 Å². The van der Waals surface area contributed by atoms with Crippen molar-refractivity contribution in [3.8, 4) is 0 Å². The van der Waals surface area contributed by atoms with Crippen LogP contribution in [0.3, 0.4) is 0 Å². The number of carbonyl (C=O) groups is 2. The summed E-state index contributed by atoms with van der Waals surface area (Å²) < 4.78 is 37.6. The minimum absolute atomic E-state index is 0.0750. The molecule has 2 aliphatic rings. The molecule has 1 atom stereocenters. The lowest BCUT2D eigenvalue weighted by atomic mass is 9.77. The molecule has 2 saturated heterocycles. The van der Waals surface area contributed by atoms with Crippen LogP contribution in [0, 0.1) is 12.8 Å². The van der Waals surface area contributed by atoms with Gasteiger partial charge in [-0.25, -0.2) is 4.79 Å². The summed E-state index contributed by atoms with van der Waals surface area (Å²) in [6, 6.07) is 1.96. The van der Waals surface area contributed by atoms with Crippen molar-refractivity contribution in [1.82, 2.24) is 9.80 Å². The van der Waals surface area contributed by atoms with Gasteiger partial charge in [0.1, 0.15) is 11.5 Å². The van der Waals surface area contributed by atoms with Crippen molar-refractivity contribution in [3.63, 3.8) is 0 Å². The van der Waals surface area contributed by atoms with Crippen LogP contribution in [0.2, 0.25) is 0 Å². The molecule has 1 spiro atoms. The van der Waals surface area contributed by atoms with Crippen LogP contribution >= 0.6 is 0 Å². The minimum Gasteiger partial charge on any atom is -0.475 e. The molecule has 6 nitrogen and oxygen atoms in total. The third-order valence-corrected chi connectivity index (χ3v) is 6.08. The van der Waals surface area contributed by atoms with Gasteiger partial charge in [-0.1, -0.05) is 34.6 Å². The summed E-state index contributed by atoms with van der Waals surface area (Å²) in [5, 5.41) is 7.12. The highest BCUT2D eigenvalue weighted by Gasteiger charge is 2.48. The Morgan fingerprint density at radius 3 is 2.19 bits per heavy atom. The Bertz CT molecular complexity index is 826. The maximum atomic E-state index is 13.2. The molecular formula is C23H35F3N2O4. The van der Waals surface area contributed by atoms with Crippen molar-refractivity contribution in [2.24, 2.45) is 5.92 Å². The van der Waals surface area contributed by atoms with E-state index in [2.05, 4.69) is 44.4 Å². The summed E-state index contributed by atoms with van der Waals surface area (Å²) in [6.45, 7) is 16.9. The summed E-state index contributed by atoms with van der Waals surface area (Å²) in [5.74, 6) is -0.291. The number of carboxylic acid groups (broad SMARTS) is 1. The van der Waals surface area contributed by atoms with E-state index >= 15 is 0 Å². The molecule has 2 fully saturated rings. The number of halogens is 3. The number of nitrogens with zero attached hydrogens (tertiary/aromatic N) is 2. The maximum absolute atomic E-state index is 13.2. The highest BCUT2D eigenvalue weighted by molar-refractivity contribution is 5.95. The molecule has 1 unspecified atom stereocenters. The fourth-order valence-electron chi connectivity index (χ4n) is 4.29. The topological polar surface area (TPSA) is 74.0 Å². The van der Waals surface area contributed by atoms with Crippen molar-refractivity contribution in [2.75, 3.05) is 26.2 Å². The number of carboxylic acids is 1. The number of rotatable bonds is 3. The van der Waals surface area contributed by atoms with Gasteiger partial charge in [0.15, 0.2) is 0 Å². The van der Waals surface area contributed by atoms with Gasteiger partial charge in [-0.05, 0) is 38.2 Å². The Morgan fingerprint density at radius 2 is 1.78 bits per heavy atom. The Morgan fingerprint density at radius 1 is 1.19 bits per heavy atom. The number of amides is 1. The molecule has 0 radical (unpaired) electrons. The van der Waals surface area contributed by atoms with E-state index in [4.69, 9.17) is 14.3 Å². The summed E-state index contributed by atoms with van der Waals surface area (Å²) in [4.78, 5) is 26.7. The first kappa shape index (κ1) is 26.2. The molecule has 0 aliphatic carbocycles. The Labute approximate surface area is 187 Å². The molecule has 3 heterocycles. The van der Waals surface area contributed by atoms with Crippen molar-refractivity contribution in [2.45, 2.75) is 77.9 Å². The number of aliphatic carboxylic acids is 1. The molecule has 182 valence electrons. The van der Waals surface area contributed by atoms with Crippen LogP contribution in [-0.2, 0) is 10.2 Å². The number of piperidine rings is 1. The second-order valence-electron chi connectivity index (χ2n) is 10.3. The van der Waals surface area contributed by atoms with E-state index in [1.54, 1.807) is 0 Å². The molecule has 1 aromatic heterocycles. The van der Waals surface area contributed by atoms with Crippen molar-refractivity contribution in [3.05, 3.63) is 23.2 Å². The molecule has 0 bridgehead atoms. The monoisotopic (exact) mass is 460 g/mol. The van der Waals surface area contributed by atoms with Crippen LogP contribution in [-0.4, -0.2) is 64.7 Å². The predicted molar refractivity (Wildman–Crippen MR) is 115 cm³/mol. The summed E-state index contributed by atoms with van der Waals surface area (Å²) >= 11 is 0. The molecule has 32 heavy (non-hydrogen) atoms. The van der Waals surface area contributed by atoms with E-state index in [0.717, 1.165) is 43.1 Å². The van der Waals surface area contributed by atoms with Crippen molar-refractivity contribution < 1.29 is 32.3 Å². The summed E-state index contributed by atoms with van der Waals surface area (Å²) in [5.41, 5.74) is 0.897. The molecule has 9 heteroatoms. The number of likely N-dealkylation sites (tertiary alicyclic amines) is 2. The van der Waals surface area contributed by atoms with Gasteiger partial charge in [-0.2, -0.15) is 13.2 Å². The summed E-state index contributed by atoms with van der Waals surface area (Å²) in [7, 11) is 0. The third-order valence-electron chi connectivity index (χ3n) is 6.08. The Kier molecular flexibility index (Phi) is 7.75. The van der Waals surface area contributed by atoms with Crippen LogP contribution in [0.25, 0.3) is 0 Å². The second kappa shape index (κ2) is 9.45. The quantitative estimate of drug-likeness (QED) is 0.698. The average molecular weight is 461 g/mol. The smallest absolute Gasteiger partial charge is 0.475 e. The van der Waals surface area contributed by atoms with Gasteiger partial charge < -0.3 is 14.4 Å². The molecule has 1 amide bonds. The average Bonchev–Trinajstić information content (AvgIpc) is 3.06. The molecule has 2 aliphatic heterocycles. The maximum Gasteiger partial charge on any atom is 0.490 e. The van der Waals surface area contributed by atoms with E-state index in [0.29, 0.717) is 5.92 Å². The Balaban J connectivity index is 0.000000451. The fraction of sp³-hybridized carbons (Fsp3) is 0.739. The number of hydrogen-bond donors (Lipinski definition) is 1. The van der Waals surface area contributed by atoms with Crippen LogP contribution in [0.5, 0.6) is 0 Å². The van der Waals surface area contributed by atoms with E-state index in [9.17, 15) is 18.0 Å². The van der Waals surface area contributed by atoms with Crippen molar-refractivity contribution in [1.29, 1.82) is 0 Å².